The average Bonchev–Trinajstić information content (AvgIpc) is 2.56. The van der Waals surface area contributed by atoms with Gasteiger partial charge in [-0.25, -0.2) is 0 Å². The van der Waals surface area contributed by atoms with Crippen LogP contribution in [0.1, 0.15) is 30.9 Å². The van der Waals surface area contributed by atoms with Crippen LogP contribution in [0.3, 0.4) is 0 Å². The zero-order valence-electron chi connectivity index (χ0n) is 15.3. The molecule has 1 N–H and O–H groups in total. The number of likely N-dealkylation sites (tertiary alicyclic amines) is 1. The molecule has 1 amide bonds. The van der Waals surface area contributed by atoms with E-state index in [9.17, 15) is 4.79 Å². The lowest BCUT2D eigenvalue weighted by Gasteiger charge is -2.30. The molecule has 0 aromatic heterocycles. The Labute approximate surface area is 146 Å². The summed E-state index contributed by atoms with van der Waals surface area (Å²) in [4.78, 5) is 16.3. The van der Waals surface area contributed by atoms with Crippen molar-refractivity contribution < 1.29 is 4.79 Å². The van der Waals surface area contributed by atoms with E-state index in [1.54, 1.807) is 6.08 Å². The van der Waals surface area contributed by atoms with Gasteiger partial charge >= 0.3 is 0 Å². The molecule has 1 aromatic rings. The molecule has 1 fully saturated rings. The number of nitrogens with one attached hydrogen (secondary N) is 1. The van der Waals surface area contributed by atoms with Crippen molar-refractivity contribution in [3.8, 4) is 0 Å². The Morgan fingerprint density at radius 1 is 1.21 bits per heavy atom. The zero-order chi connectivity index (χ0) is 17.4. The fourth-order valence-corrected chi connectivity index (χ4v) is 2.86. The van der Waals surface area contributed by atoms with Crippen LogP contribution >= 0.6 is 0 Å². The standard InChI is InChI=1S/C20H31N3O/c1-17-10-13-23(14-11-17)16-19-8-6-18(7-9-19)15-21-20(24)5-4-12-22(2)3/h4-9,17H,10-16H2,1-3H3,(H,21,24)/b5-4-. The van der Waals surface area contributed by atoms with Gasteiger partial charge in [0.15, 0.2) is 0 Å². The number of nitrogens with zero attached hydrogens (tertiary/aromatic N) is 2. The van der Waals surface area contributed by atoms with Crippen molar-refractivity contribution in [3.63, 3.8) is 0 Å². The summed E-state index contributed by atoms with van der Waals surface area (Å²) in [5, 5.41) is 2.92. The number of hydrogen-bond acceptors (Lipinski definition) is 3. The Bertz CT molecular complexity index is 528. The summed E-state index contributed by atoms with van der Waals surface area (Å²) in [6, 6.07) is 8.60. The van der Waals surface area contributed by atoms with Crippen LogP contribution in [0.5, 0.6) is 0 Å². The quantitative estimate of drug-likeness (QED) is 0.781. The Kier molecular flexibility index (Phi) is 7.47. The van der Waals surface area contributed by atoms with E-state index < -0.39 is 0 Å². The molecule has 0 saturated carbocycles. The summed E-state index contributed by atoms with van der Waals surface area (Å²) >= 11 is 0. The molecule has 2 rings (SSSR count). The highest BCUT2D eigenvalue weighted by molar-refractivity contribution is 5.87. The Hall–Kier alpha value is -1.65. The van der Waals surface area contributed by atoms with Crippen molar-refractivity contribution in [2.45, 2.75) is 32.9 Å². The maximum absolute atomic E-state index is 11.7. The first kappa shape index (κ1) is 18.7. The molecule has 1 saturated heterocycles. The molecule has 1 aliphatic heterocycles. The van der Waals surface area contributed by atoms with Crippen LogP contribution in [-0.2, 0) is 17.9 Å². The van der Waals surface area contributed by atoms with Gasteiger partial charge in [-0.1, -0.05) is 37.3 Å². The number of carbonyl (C=O) groups excluding carboxylic acids is 1. The molecule has 0 atom stereocenters. The lowest BCUT2D eigenvalue weighted by atomic mass is 9.99. The van der Waals surface area contributed by atoms with Crippen molar-refractivity contribution >= 4 is 5.91 Å². The molecule has 1 aliphatic rings. The largest absolute Gasteiger partial charge is 0.348 e. The first-order chi connectivity index (χ1) is 11.5. The van der Waals surface area contributed by atoms with E-state index in [2.05, 4.69) is 41.4 Å². The second-order valence-electron chi connectivity index (χ2n) is 7.16. The van der Waals surface area contributed by atoms with Gasteiger partial charge in [0.05, 0.1) is 0 Å². The van der Waals surface area contributed by atoms with Crippen LogP contribution < -0.4 is 5.32 Å². The molecular weight excluding hydrogens is 298 g/mol. The van der Waals surface area contributed by atoms with Crippen LogP contribution in [0.15, 0.2) is 36.4 Å². The van der Waals surface area contributed by atoms with Crippen LogP contribution in [0, 0.1) is 5.92 Å². The van der Waals surface area contributed by atoms with Gasteiger partial charge in [-0.3, -0.25) is 9.69 Å². The monoisotopic (exact) mass is 329 g/mol. The zero-order valence-corrected chi connectivity index (χ0v) is 15.3. The van der Waals surface area contributed by atoms with Gasteiger partial charge < -0.3 is 10.2 Å². The first-order valence-corrected chi connectivity index (χ1v) is 8.92. The highest BCUT2D eigenvalue weighted by Gasteiger charge is 2.15. The molecule has 0 spiro atoms. The molecule has 24 heavy (non-hydrogen) atoms. The highest BCUT2D eigenvalue weighted by Crippen LogP contribution is 2.18. The lowest BCUT2D eigenvalue weighted by Crippen LogP contribution is -2.32. The molecule has 4 nitrogen and oxygen atoms in total. The fraction of sp³-hybridized carbons (Fsp3) is 0.550. The summed E-state index contributed by atoms with van der Waals surface area (Å²) < 4.78 is 0. The molecule has 0 radical (unpaired) electrons. The normalized spacial score (nSPS) is 16.8. The van der Waals surface area contributed by atoms with E-state index in [1.807, 2.05) is 25.1 Å². The number of rotatable bonds is 7. The smallest absolute Gasteiger partial charge is 0.243 e. The predicted octanol–water partition coefficient (Wildman–Crippen LogP) is 2.65. The van der Waals surface area contributed by atoms with E-state index in [4.69, 9.17) is 0 Å². The molecule has 0 bridgehead atoms. The number of hydrogen-bond donors (Lipinski definition) is 1. The molecule has 1 heterocycles. The SMILES string of the molecule is CC1CCN(Cc2ccc(CNC(=O)/C=C\CN(C)C)cc2)CC1. The van der Waals surface area contributed by atoms with Crippen molar-refractivity contribution in [3.05, 3.63) is 47.5 Å². The van der Waals surface area contributed by atoms with Crippen LogP contribution in [0.25, 0.3) is 0 Å². The van der Waals surface area contributed by atoms with Crippen LogP contribution in [0.4, 0.5) is 0 Å². The summed E-state index contributed by atoms with van der Waals surface area (Å²) in [5.41, 5.74) is 2.49. The second-order valence-corrected chi connectivity index (χ2v) is 7.16. The Morgan fingerprint density at radius 3 is 2.46 bits per heavy atom. The van der Waals surface area contributed by atoms with E-state index in [-0.39, 0.29) is 5.91 Å². The van der Waals surface area contributed by atoms with Gasteiger partial charge in [0.25, 0.3) is 0 Å². The molecule has 1 aromatic carbocycles. The predicted molar refractivity (Wildman–Crippen MR) is 99.7 cm³/mol. The fourth-order valence-electron chi connectivity index (χ4n) is 2.86. The van der Waals surface area contributed by atoms with E-state index in [1.165, 1.54) is 31.5 Å². The maximum atomic E-state index is 11.7. The number of benzene rings is 1. The number of amides is 1. The molecule has 4 heteroatoms. The minimum Gasteiger partial charge on any atom is -0.348 e. The minimum atomic E-state index is -0.0386. The van der Waals surface area contributed by atoms with Gasteiger partial charge in [0.1, 0.15) is 0 Å². The maximum Gasteiger partial charge on any atom is 0.243 e. The highest BCUT2D eigenvalue weighted by atomic mass is 16.1. The summed E-state index contributed by atoms with van der Waals surface area (Å²) in [6.07, 6.45) is 6.10. The van der Waals surface area contributed by atoms with E-state index in [0.717, 1.165) is 24.6 Å². The second kappa shape index (κ2) is 9.60. The van der Waals surface area contributed by atoms with Crippen molar-refractivity contribution in [2.75, 3.05) is 33.7 Å². The third-order valence-electron chi connectivity index (χ3n) is 4.51. The molecule has 0 unspecified atom stereocenters. The van der Waals surface area contributed by atoms with Crippen LogP contribution in [0.2, 0.25) is 0 Å². The van der Waals surface area contributed by atoms with Crippen LogP contribution in [-0.4, -0.2) is 49.4 Å². The summed E-state index contributed by atoms with van der Waals surface area (Å²) in [7, 11) is 3.96. The lowest BCUT2D eigenvalue weighted by molar-refractivity contribution is -0.116. The number of likely N-dealkylation sites (N-methyl/N-ethyl adjacent to an activating group) is 1. The van der Waals surface area contributed by atoms with Gasteiger partial charge in [0, 0.05) is 25.7 Å². The molecule has 0 aliphatic carbocycles. The molecular formula is C20H31N3O. The topological polar surface area (TPSA) is 35.6 Å². The minimum absolute atomic E-state index is 0.0386. The van der Waals surface area contributed by atoms with Crippen molar-refractivity contribution in [2.24, 2.45) is 5.92 Å². The van der Waals surface area contributed by atoms with Gasteiger partial charge in [0.2, 0.25) is 5.91 Å². The number of carbonyl (C=O) groups is 1. The van der Waals surface area contributed by atoms with E-state index in [0.29, 0.717) is 6.54 Å². The van der Waals surface area contributed by atoms with E-state index >= 15 is 0 Å². The van der Waals surface area contributed by atoms with Gasteiger partial charge in [-0.15, -0.1) is 0 Å². The Morgan fingerprint density at radius 2 is 1.83 bits per heavy atom. The van der Waals surface area contributed by atoms with Crippen molar-refractivity contribution in [1.29, 1.82) is 0 Å². The molecule has 132 valence electrons. The third kappa shape index (κ3) is 6.85. The Balaban J connectivity index is 1.73. The third-order valence-corrected chi connectivity index (χ3v) is 4.51. The van der Waals surface area contributed by atoms with Gasteiger partial charge in [-0.2, -0.15) is 0 Å². The van der Waals surface area contributed by atoms with Gasteiger partial charge in [-0.05, 0) is 57.1 Å². The first-order valence-electron chi connectivity index (χ1n) is 8.92. The number of piperidine rings is 1. The summed E-state index contributed by atoms with van der Waals surface area (Å²) in [6.45, 7) is 7.14. The average molecular weight is 329 g/mol. The van der Waals surface area contributed by atoms with Crippen molar-refractivity contribution in [1.82, 2.24) is 15.1 Å². The summed E-state index contributed by atoms with van der Waals surface area (Å²) in [5.74, 6) is 0.836.